The Morgan fingerprint density at radius 2 is 1.81 bits per heavy atom. The fourth-order valence-electron chi connectivity index (χ4n) is 3.06. The van der Waals surface area contributed by atoms with E-state index in [0.29, 0.717) is 38.0 Å². The molecule has 0 N–H and O–H groups in total. The molecule has 1 aliphatic rings. The molecule has 0 aromatic heterocycles. The zero-order valence-corrected chi connectivity index (χ0v) is 17.9. The lowest BCUT2D eigenvalue weighted by molar-refractivity contribution is -0.139. The summed E-state index contributed by atoms with van der Waals surface area (Å²) in [7, 11) is 0. The average Bonchev–Trinajstić information content (AvgIpc) is 3.02. The fraction of sp³-hybridized carbons (Fsp3) is 0.632. The molecule has 0 aliphatic carbocycles. The minimum absolute atomic E-state index is 0.0501. The van der Waals surface area contributed by atoms with Gasteiger partial charge < -0.3 is 23.3 Å². The molecule has 6 nitrogen and oxygen atoms in total. The van der Waals surface area contributed by atoms with Gasteiger partial charge in [0.15, 0.2) is 12.8 Å². The number of carbonyl (C=O) groups excluding carboxylic acids is 1. The first kappa shape index (κ1) is 22.5. The van der Waals surface area contributed by atoms with Crippen molar-refractivity contribution in [3.05, 3.63) is 35.9 Å². The summed E-state index contributed by atoms with van der Waals surface area (Å²) in [6, 6.07) is 8.91. The molecule has 0 amide bonds. The van der Waals surface area contributed by atoms with Crippen molar-refractivity contribution < 1.29 is 28.1 Å². The van der Waals surface area contributed by atoms with E-state index in [0.717, 1.165) is 0 Å². The van der Waals surface area contributed by atoms with Crippen molar-refractivity contribution in [2.45, 2.75) is 39.6 Å². The molecule has 0 unspecified atom stereocenters. The van der Waals surface area contributed by atoms with Crippen LogP contribution in [0.25, 0.3) is 0 Å². The molecule has 1 aromatic carbocycles. The summed E-state index contributed by atoms with van der Waals surface area (Å²) in [4.78, 5) is 12.2. The van der Waals surface area contributed by atoms with E-state index in [9.17, 15) is 4.79 Å². The molecule has 0 bridgehead atoms. The quantitative estimate of drug-likeness (QED) is 0.399. The third kappa shape index (κ3) is 6.93. The smallest absolute Gasteiger partial charge is 0.338 e. The molecule has 8 heteroatoms. The van der Waals surface area contributed by atoms with Gasteiger partial charge in [-0.05, 0) is 44.7 Å². The van der Waals surface area contributed by atoms with Crippen molar-refractivity contribution in [1.29, 1.82) is 0 Å². The van der Waals surface area contributed by atoms with Gasteiger partial charge in [0.2, 0.25) is 0 Å². The van der Waals surface area contributed by atoms with E-state index in [4.69, 9.17) is 35.1 Å². The number of benzene rings is 1. The summed E-state index contributed by atoms with van der Waals surface area (Å²) >= 11 is 5.67. The molecule has 1 heterocycles. The SMILES string of the molecule is CCO[C@H]1C[C@H](CP(=S)(OCC)OCC)[C@@H](COC(=O)c2ccccc2)O1. The third-order valence-corrected chi connectivity index (χ3v) is 7.50. The zero-order chi connectivity index (χ0) is 19.7. The van der Waals surface area contributed by atoms with Crippen LogP contribution in [0.4, 0.5) is 0 Å². The number of carbonyl (C=O) groups is 1. The lowest BCUT2D eigenvalue weighted by atomic mass is 10.0. The van der Waals surface area contributed by atoms with E-state index in [1.807, 2.05) is 26.8 Å². The van der Waals surface area contributed by atoms with Crippen molar-refractivity contribution in [3.8, 4) is 0 Å². The summed E-state index contributed by atoms with van der Waals surface area (Å²) in [5.41, 5.74) is 0.516. The molecule has 2 rings (SSSR count). The summed E-state index contributed by atoms with van der Waals surface area (Å²) in [5.74, 6) is -0.319. The van der Waals surface area contributed by atoms with Gasteiger partial charge in [-0.15, -0.1) is 0 Å². The second kappa shape index (κ2) is 11.2. The van der Waals surface area contributed by atoms with E-state index >= 15 is 0 Å². The summed E-state index contributed by atoms with van der Waals surface area (Å²) in [6.07, 6.45) is 0.630. The van der Waals surface area contributed by atoms with Crippen LogP contribution in [-0.2, 0) is 35.1 Å². The molecule has 1 aliphatic heterocycles. The van der Waals surface area contributed by atoms with Gasteiger partial charge in [-0.25, -0.2) is 4.79 Å². The maximum atomic E-state index is 12.2. The Morgan fingerprint density at radius 1 is 1.15 bits per heavy atom. The Morgan fingerprint density at radius 3 is 2.41 bits per heavy atom. The Labute approximate surface area is 166 Å². The van der Waals surface area contributed by atoms with Crippen molar-refractivity contribution >= 4 is 24.3 Å². The molecular weight excluding hydrogens is 387 g/mol. The highest BCUT2D eigenvalue weighted by Gasteiger charge is 2.40. The van der Waals surface area contributed by atoms with Crippen LogP contribution in [0.5, 0.6) is 0 Å². The minimum atomic E-state index is -2.40. The van der Waals surface area contributed by atoms with E-state index in [2.05, 4.69) is 0 Å². The first-order valence-electron chi connectivity index (χ1n) is 9.38. The van der Waals surface area contributed by atoms with Crippen LogP contribution in [0.15, 0.2) is 30.3 Å². The average molecular weight is 416 g/mol. The van der Waals surface area contributed by atoms with Gasteiger partial charge in [-0.3, -0.25) is 0 Å². The number of ether oxygens (including phenoxy) is 3. The van der Waals surface area contributed by atoms with Gasteiger partial charge in [0.25, 0.3) is 0 Å². The number of esters is 1. The van der Waals surface area contributed by atoms with E-state index < -0.39 is 6.49 Å². The number of rotatable bonds is 11. The molecule has 1 saturated heterocycles. The van der Waals surface area contributed by atoms with Crippen LogP contribution in [0, 0.1) is 5.92 Å². The van der Waals surface area contributed by atoms with Crippen LogP contribution in [-0.4, -0.2) is 51.0 Å². The van der Waals surface area contributed by atoms with Crippen LogP contribution in [0.2, 0.25) is 0 Å². The van der Waals surface area contributed by atoms with Crippen LogP contribution in [0.1, 0.15) is 37.6 Å². The molecule has 152 valence electrons. The Bertz CT molecular complexity index is 616. The summed E-state index contributed by atoms with van der Waals surface area (Å²) in [6.45, 7) is 5.06. The lowest BCUT2D eigenvalue weighted by Gasteiger charge is -2.26. The molecule has 27 heavy (non-hydrogen) atoms. The normalized spacial score (nSPS) is 22.7. The second-order valence-corrected chi connectivity index (χ2v) is 9.92. The fourth-order valence-corrected chi connectivity index (χ4v) is 6.30. The highest BCUT2D eigenvalue weighted by molar-refractivity contribution is 8.09. The summed E-state index contributed by atoms with van der Waals surface area (Å²) < 4.78 is 28.6. The Kier molecular flexibility index (Phi) is 9.36. The van der Waals surface area contributed by atoms with Gasteiger partial charge in [0, 0.05) is 25.1 Å². The van der Waals surface area contributed by atoms with Crippen LogP contribution < -0.4 is 0 Å². The van der Waals surface area contributed by atoms with Crippen LogP contribution >= 0.6 is 6.49 Å². The molecule has 0 spiro atoms. The standard InChI is InChI=1S/C19H29O6PS/c1-4-21-18-12-16(14-26(27,23-5-2)24-6-3)17(25-18)13-22-19(20)15-10-8-7-9-11-15/h7-11,16-18H,4-6,12-14H2,1-3H3/t16-,17-,18-/m1/s1. The Hall–Kier alpha value is -0.820. The predicted molar refractivity (Wildman–Crippen MR) is 108 cm³/mol. The van der Waals surface area contributed by atoms with Gasteiger partial charge in [-0.2, -0.15) is 0 Å². The molecule has 1 aromatic rings. The largest absolute Gasteiger partial charge is 0.459 e. The highest BCUT2D eigenvalue weighted by atomic mass is 32.5. The lowest BCUT2D eigenvalue weighted by Crippen LogP contribution is -2.27. The topological polar surface area (TPSA) is 63.2 Å². The van der Waals surface area contributed by atoms with Crippen molar-refractivity contribution in [2.75, 3.05) is 32.6 Å². The Balaban J connectivity index is 2.01. The zero-order valence-electron chi connectivity index (χ0n) is 16.2. The highest BCUT2D eigenvalue weighted by Crippen LogP contribution is 2.52. The molecular formula is C19H29O6PS. The van der Waals surface area contributed by atoms with Gasteiger partial charge in [0.1, 0.15) is 6.61 Å². The molecule has 1 fully saturated rings. The predicted octanol–water partition coefficient (Wildman–Crippen LogP) is 3.99. The minimum Gasteiger partial charge on any atom is -0.459 e. The van der Waals surface area contributed by atoms with E-state index in [1.54, 1.807) is 24.3 Å². The number of hydrogen-bond acceptors (Lipinski definition) is 7. The van der Waals surface area contributed by atoms with Crippen molar-refractivity contribution in [2.24, 2.45) is 5.92 Å². The van der Waals surface area contributed by atoms with Gasteiger partial charge >= 0.3 is 5.97 Å². The molecule has 0 radical (unpaired) electrons. The third-order valence-electron chi connectivity index (χ3n) is 4.20. The first-order valence-corrected chi connectivity index (χ1v) is 12.2. The number of hydrogen-bond donors (Lipinski definition) is 0. The van der Waals surface area contributed by atoms with E-state index in [-0.39, 0.29) is 30.9 Å². The molecule has 3 atom stereocenters. The monoisotopic (exact) mass is 416 g/mol. The van der Waals surface area contributed by atoms with E-state index in [1.165, 1.54) is 0 Å². The first-order chi connectivity index (χ1) is 13.0. The van der Waals surface area contributed by atoms with Crippen molar-refractivity contribution in [3.63, 3.8) is 0 Å². The maximum Gasteiger partial charge on any atom is 0.338 e. The van der Waals surface area contributed by atoms with Gasteiger partial charge in [0.05, 0.1) is 24.9 Å². The van der Waals surface area contributed by atoms with Crippen molar-refractivity contribution in [1.82, 2.24) is 0 Å². The van der Waals surface area contributed by atoms with Gasteiger partial charge in [-0.1, -0.05) is 18.2 Å². The van der Waals surface area contributed by atoms with Crippen LogP contribution in [0.3, 0.4) is 0 Å². The molecule has 0 saturated carbocycles. The summed E-state index contributed by atoms with van der Waals surface area (Å²) in [5, 5.41) is 0. The maximum absolute atomic E-state index is 12.2. The second-order valence-electron chi connectivity index (χ2n) is 6.15.